The van der Waals surface area contributed by atoms with Gasteiger partial charge in [0.15, 0.2) is 0 Å². The first-order chi connectivity index (χ1) is 11.8. The molecule has 3 aromatic rings. The van der Waals surface area contributed by atoms with Crippen molar-refractivity contribution in [2.24, 2.45) is 0 Å². The summed E-state index contributed by atoms with van der Waals surface area (Å²) in [6, 6.07) is 19.1. The van der Waals surface area contributed by atoms with Gasteiger partial charge in [-0.2, -0.15) is 0 Å². The average molecular weight is 322 g/mol. The number of ether oxygens (including phenoxy) is 1. The van der Waals surface area contributed by atoms with Crippen LogP contribution >= 0.6 is 0 Å². The molecule has 2 aromatic carbocycles. The molecule has 1 heterocycles. The second-order valence-corrected chi connectivity index (χ2v) is 5.88. The van der Waals surface area contributed by atoms with Gasteiger partial charge in [-0.1, -0.05) is 52.7 Å². The number of nitrogens with zero attached hydrogens (tertiary/aromatic N) is 2. The van der Waals surface area contributed by atoms with Crippen LogP contribution in [0.4, 0.5) is 12.0 Å². The highest BCUT2D eigenvalue weighted by Gasteiger charge is 2.39. The standard InChI is InChI=1S/C18H18N4O2/c19-17-21-22-18(24-17)20-16-10-15(16)13-6-8-14(9-7-13)23-11-12-4-2-1-3-5-12/h1-9,15-16H,10-11H2,(H2,19,21)(H,20,22)/t15-,16+/m0/s1. The number of nitrogens with two attached hydrogens (primary N) is 1. The number of aromatic nitrogens is 2. The zero-order valence-electron chi connectivity index (χ0n) is 13.1. The first-order valence-corrected chi connectivity index (χ1v) is 7.90. The molecule has 0 bridgehead atoms. The van der Waals surface area contributed by atoms with Crippen molar-refractivity contribution >= 4 is 12.0 Å². The van der Waals surface area contributed by atoms with Gasteiger partial charge < -0.3 is 20.2 Å². The quantitative estimate of drug-likeness (QED) is 0.725. The number of rotatable bonds is 6. The summed E-state index contributed by atoms with van der Waals surface area (Å²) in [7, 11) is 0. The molecule has 2 atom stereocenters. The Morgan fingerprint density at radius 3 is 2.58 bits per heavy atom. The van der Waals surface area contributed by atoms with E-state index < -0.39 is 0 Å². The van der Waals surface area contributed by atoms with Crippen molar-refractivity contribution in [3.63, 3.8) is 0 Å². The summed E-state index contributed by atoms with van der Waals surface area (Å²) in [5, 5.41) is 10.6. The number of hydrogen-bond donors (Lipinski definition) is 2. The summed E-state index contributed by atoms with van der Waals surface area (Å²) in [6.45, 7) is 0.576. The van der Waals surface area contributed by atoms with Crippen LogP contribution in [0.3, 0.4) is 0 Å². The van der Waals surface area contributed by atoms with E-state index in [1.165, 1.54) is 5.56 Å². The lowest BCUT2D eigenvalue weighted by molar-refractivity contribution is 0.306. The second kappa shape index (κ2) is 6.23. The first kappa shape index (κ1) is 14.6. The number of anilines is 2. The molecule has 0 saturated heterocycles. The van der Waals surface area contributed by atoms with Crippen LogP contribution in [0.1, 0.15) is 23.5 Å². The summed E-state index contributed by atoms with van der Waals surface area (Å²) in [5.74, 6) is 1.32. The molecule has 1 fully saturated rings. The maximum atomic E-state index is 5.81. The molecule has 4 rings (SSSR count). The molecule has 1 aliphatic rings. The van der Waals surface area contributed by atoms with E-state index in [1.807, 2.05) is 30.3 Å². The number of nitrogens with one attached hydrogen (secondary N) is 1. The SMILES string of the molecule is Nc1nnc(N[C@@H]2C[C@H]2c2ccc(OCc3ccccc3)cc2)o1. The fourth-order valence-corrected chi connectivity index (χ4v) is 2.73. The third-order valence-electron chi connectivity index (χ3n) is 4.10. The van der Waals surface area contributed by atoms with Crippen LogP contribution in [0.15, 0.2) is 59.0 Å². The van der Waals surface area contributed by atoms with E-state index in [9.17, 15) is 0 Å². The lowest BCUT2D eigenvalue weighted by atomic mass is 10.1. The van der Waals surface area contributed by atoms with Gasteiger partial charge in [0.1, 0.15) is 12.4 Å². The van der Waals surface area contributed by atoms with Crippen LogP contribution in [-0.2, 0) is 6.61 Å². The van der Waals surface area contributed by atoms with Crippen LogP contribution in [0.5, 0.6) is 5.75 Å². The molecule has 1 saturated carbocycles. The average Bonchev–Trinajstić information content (AvgIpc) is 3.26. The van der Waals surface area contributed by atoms with Crippen molar-refractivity contribution in [1.29, 1.82) is 0 Å². The zero-order valence-corrected chi connectivity index (χ0v) is 13.1. The van der Waals surface area contributed by atoms with Crippen LogP contribution in [-0.4, -0.2) is 16.2 Å². The highest BCUT2D eigenvalue weighted by Crippen LogP contribution is 2.43. The molecule has 0 amide bonds. The van der Waals surface area contributed by atoms with Gasteiger partial charge in [-0.3, -0.25) is 0 Å². The van der Waals surface area contributed by atoms with Crippen molar-refractivity contribution in [1.82, 2.24) is 10.2 Å². The van der Waals surface area contributed by atoms with Crippen molar-refractivity contribution in [3.05, 3.63) is 65.7 Å². The first-order valence-electron chi connectivity index (χ1n) is 7.90. The fraction of sp³-hybridized carbons (Fsp3) is 0.222. The lowest BCUT2D eigenvalue weighted by Gasteiger charge is -2.07. The van der Waals surface area contributed by atoms with Gasteiger partial charge in [0.25, 0.3) is 0 Å². The number of nitrogen functional groups attached to an aromatic ring is 1. The van der Waals surface area contributed by atoms with E-state index in [4.69, 9.17) is 14.9 Å². The van der Waals surface area contributed by atoms with E-state index in [2.05, 4.69) is 39.8 Å². The van der Waals surface area contributed by atoms with Crippen molar-refractivity contribution < 1.29 is 9.15 Å². The van der Waals surface area contributed by atoms with Gasteiger partial charge in [0.05, 0.1) is 0 Å². The van der Waals surface area contributed by atoms with Gasteiger partial charge in [0.2, 0.25) is 0 Å². The van der Waals surface area contributed by atoms with Crippen LogP contribution in [0.25, 0.3) is 0 Å². The number of benzene rings is 2. The smallest absolute Gasteiger partial charge is 0.317 e. The van der Waals surface area contributed by atoms with Crippen molar-refractivity contribution in [2.75, 3.05) is 11.1 Å². The third kappa shape index (κ3) is 3.32. The van der Waals surface area contributed by atoms with E-state index in [1.54, 1.807) is 0 Å². The molecule has 1 aliphatic carbocycles. The van der Waals surface area contributed by atoms with Crippen LogP contribution < -0.4 is 15.8 Å². The Morgan fingerprint density at radius 2 is 1.88 bits per heavy atom. The largest absolute Gasteiger partial charge is 0.489 e. The summed E-state index contributed by atoms with van der Waals surface area (Å²) in [4.78, 5) is 0. The monoisotopic (exact) mass is 322 g/mol. The summed E-state index contributed by atoms with van der Waals surface area (Å²) in [6.07, 6.45) is 1.03. The molecular formula is C18H18N4O2. The van der Waals surface area contributed by atoms with Gasteiger partial charge in [-0.15, -0.1) is 0 Å². The Bertz CT molecular complexity index is 801. The molecule has 1 aromatic heterocycles. The minimum Gasteiger partial charge on any atom is -0.489 e. The molecule has 0 unspecified atom stereocenters. The lowest BCUT2D eigenvalue weighted by Crippen LogP contribution is -2.04. The molecule has 0 aliphatic heterocycles. The van der Waals surface area contributed by atoms with E-state index in [-0.39, 0.29) is 6.01 Å². The Hall–Kier alpha value is -3.02. The highest BCUT2D eigenvalue weighted by atomic mass is 16.5. The molecule has 6 nitrogen and oxygen atoms in total. The summed E-state index contributed by atoms with van der Waals surface area (Å²) < 4.78 is 10.9. The summed E-state index contributed by atoms with van der Waals surface area (Å²) >= 11 is 0. The zero-order chi connectivity index (χ0) is 16.4. The molecular weight excluding hydrogens is 304 g/mol. The van der Waals surface area contributed by atoms with Gasteiger partial charge in [0, 0.05) is 12.0 Å². The second-order valence-electron chi connectivity index (χ2n) is 5.88. The Labute approximate surface area is 139 Å². The highest BCUT2D eigenvalue weighted by molar-refractivity contribution is 5.38. The minimum absolute atomic E-state index is 0.0783. The van der Waals surface area contributed by atoms with E-state index >= 15 is 0 Å². The van der Waals surface area contributed by atoms with Crippen molar-refractivity contribution in [3.8, 4) is 5.75 Å². The normalized spacial score (nSPS) is 19.0. The Morgan fingerprint density at radius 1 is 1.08 bits per heavy atom. The molecule has 3 N–H and O–H groups in total. The van der Waals surface area contributed by atoms with Gasteiger partial charge in [-0.25, -0.2) is 0 Å². The maximum absolute atomic E-state index is 5.81. The minimum atomic E-state index is 0.0783. The van der Waals surface area contributed by atoms with Crippen molar-refractivity contribution in [2.45, 2.75) is 25.0 Å². The summed E-state index contributed by atoms with van der Waals surface area (Å²) in [5.41, 5.74) is 7.84. The predicted molar refractivity (Wildman–Crippen MR) is 90.7 cm³/mol. The Balaban J connectivity index is 1.31. The molecule has 6 heteroatoms. The van der Waals surface area contributed by atoms with E-state index in [0.29, 0.717) is 24.6 Å². The predicted octanol–water partition coefficient (Wildman–Crippen LogP) is 3.20. The molecule has 0 spiro atoms. The number of hydrogen-bond acceptors (Lipinski definition) is 6. The molecule has 0 radical (unpaired) electrons. The fourth-order valence-electron chi connectivity index (χ4n) is 2.73. The van der Waals surface area contributed by atoms with Crippen LogP contribution in [0.2, 0.25) is 0 Å². The Kier molecular flexibility index (Phi) is 3.78. The van der Waals surface area contributed by atoms with E-state index in [0.717, 1.165) is 17.7 Å². The maximum Gasteiger partial charge on any atom is 0.317 e. The van der Waals surface area contributed by atoms with Gasteiger partial charge >= 0.3 is 12.0 Å². The third-order valence-corrected chi connectivity index (χ3v) is 4.10. The molecule has 122 valence electrons. The van der Waals surface area contributed by atoms with Gasteiger partial charge in [-0.05, 0) is 29.7 Å². The topological polar surface area (TPSA) is 86.2 Å². The molecule has 24 heavy (non-hydrogen) atoms. The van der Waals surface area contributed by atoms with Crippen LogP contribution in [0, 0.1) is 0 Å².